The molecule has 46 valence electrons. The Morgan fingerprint density at radius 2 is 2.25 bits per heavy atom. The number of hydrogen-bond acceptors (Lipinski definition) is 2. The van der Waals surface area contributed by atoms with Gasteiger partial charge in [0.25, 0.3) is 0 Å². The third-order valence-electron chi connectivity index (χ3n) is 0.378. The molecule has 0 aliphatic carbocycles. The lowest BCUT2D eigenvalue weighted by Crippen LogP contribution is -2.10. The Morgan fingerprint density at radius 3 is 2.38 bits per heavy atom. The fourth-order valence-corrected chi connectivity index (χ4v) is 0.134. The lowest BCUT2D eigenvalue weighted by atomic mass is 10.7. The number of esters is 1. The topological polar surface area (TPSA) is 26.3 Å². The predicted octanol–water partition coefficient (Wildman–Crippen LogP) is 0.938. The molecule has 0 amide bonds. The SMILES string of the molecule is C=COC(=O)C(F)F. The molecule has 0 rings (SSSR count). The third kappa shape index (κ3) is 2.28. The van der Waals surface area contributed by atoms with Gasteiger partial charge in [-0.25, -0.2) is 4.79 Å². The first kappa shape index (κ1) is 7.07. The number of carbonyl (C=O) groups excluding carboxylic acids is 1. The largest absolute Gasteiger partial charge is 0.431 e. The molecule has 0 bridgehead atoms. The van der Waals surface area contributed by atoms with Gasteiger partial charge >= 0.3 is 12.4 Å². The van der Waals surface area contributed by atoms with E-state index in [9.17, 15) is 13.6 Å². The number of halogens is 2. The van der Waals surface area contributed by atoms with Gasteiger partial charge in [0.2, 0.25) is 0 Å². The summed E-state index contributed by atoms with van der Waals surface area (Å²) in [5.74, 6) is -1.57. The van der Waals surface area contributed by atoms with Crippen LogP contribution in [0.25, 0.3) is 0 Å². The zero-order valence-electron chi connectivity index (χ0n) is 3.93. The van der Waals surface area contributed by atoms with E-state index in [1.165, 1.54) is 0 Å². The molecule has 0 spiro atoms. The number of hydrogen-bond donors (Lipinski definition) is 0. The minimum Gasteiger partial charge on any atom is -0.431 e. The molecule has 0 heterocycles. The first-order valence-corrected chi connectivity index (χ1v) is 1.78. The molecule has 2 nitrogen and oxygen atoms in total. The van der Waals surface area contributed by atoms with Crippen LogP contribution in [0.4, 0.5) is 8.78 Å². The van der Waals surface area contributed by atoms with Gasteiger partial charge in [-0.05, 0) is 0 Å². The normalized spacial score (nSPS) is 8.88. The van der Waals surface area contributed by atoms with Crippen molar-refractivity contribution < 1.29 is 18.3 Å². The van der Waals surface area contributed by atoms with Crippen LogP contribution in [-0.2, 0) is 9.53 Å². The van der Waals surface area contributed by atoms with Gasteiger partial charge in [0.1, 0.15) is 0 Å². The maximum Gasteiger partial charge on any atom is 0.378 e. The molecule has 0 aromatic carbocycles. The van der Waals surface area contributed by atoms with Gasteiger partial charge in [0.05, 0.1) is 6.26 Å². The van der Waals surface area contributed by atoms with Crippen LogP contribution in [0.1, 0.15) is 0 Å². The summed E-state index contributed by atoms with van der Waals surface area (Å²) in [6, 6.07) is 0. The molecule has 0 unspecified atom stereocenters. The minimum absolute atomic E-state index is 0.661. The van der Waals surface area contributed by atoms with Gasteiger partial charge in [0, 0.05) is 0 Å². The van der Waals surface area contributed by atoms with E-state index in [1.54, 1.807) is 0 Å². The Kier molecular flexibility index (Phi) is 2.76. The summed E-state index contributed by atoms with van der Waals surface area (Å²) in [7, 11) is 0. The van der Waals surface area contributed by atoms with Gasteiger partial charge in [0.15, 0.2) is 0 Å². The molecule has 0 radical (unpaired) electrons. The smallest absolute Gasteiger partial charge is 0.378 e. The standard InChI is InChI=1S/C4H4F2O2/c1-2-8-4(7)3(5)6/h2-3H,1H2. The van der Waals surface area contributed by atoms with Crippen LogP contribution < -0.4 is 0 Å². The van der Waals surface area contributed by atoms with Crippen LogP contribution in [0.15, 0.2) is 12.8 Å². The summed E-state index contributed by atoms with van der Waals surface area (Å²) < 4.78 is 25.9. The van der Waals surface area contributed by atoms with Gasteiger partial charge < -0.3 is 4.74 Å². The van der Waals surface area contributed by atoms with E-state index in [-0.39, 0.29) is 0 Å². The molecular formula is C4H4F2O2. The van der Waals surface area contributed by atoms with E-state index in [0.717, 1.165) is 0 Å². The van der Waals surface area contributed by atoms with Crippen LogP contribution in [-0.4, -0.2) is 12.4 Å². The van der Waals surface area contributed by atoms with Gasteiger partial charge in [-0.3, -0.25) is 0 Å². The van der Waals surface area contributed by atoms with Crippen LogP contribution in [0.5, 0.6) is 0 Å². The highest BCUT2D eigenvalue weighted by Crippen LogP contribution is 1.94. The first-order valence-electron chi connectivity index (χ1n) is 1.78. The second kappa shape index (κ2) is 3.12. The molecule has 0 N–H and O–H groups in total. The molecule has 0 aliphatic rings. The van der Waals surface area contributed by atoms with E-state index < -0.39 is 12.4 Å². The molecule has 0 saturated carbocycles. The molecule has 0 fully saturated rings. The summed E-state index contributed by atoms with van der Waals surface area (Å²) in [6.07, 6.45) is -2.40. The second-order valence-corrected chi connectivity index (χ2v) is 0.904. The molecule has 0 aliphatic heterocycles. The van der Waals surface area contributed by atoms with Crippen molar-refractivity contribution in [3.63, 3.8) is 0 Å². The van der Waals surface area contributed by atoms with E-state index in [4.69, 9.17) is 0 Å². The zero-order chi connectivity index (χ0) is 6.57. The molecule has 8 heavy (non-hydrogen) atoms. The van der Waals surface area contributed by atoms with Crippen molar-refractivity contribution in [1.82, 2.24) is 0 Å². The van der Waals surface area contributed by atoms with Crippen molar-refractivity contribution in [3.8, 4) is 0 Å². The Bertz CT molecular complexity index is 100. The summed E-state index contributed by atoms with van der Waals surface area (Å²) in [5.41, 5.74) is 0. The lowest BCUT2D eigenvalue weighted by molar-refractivity contribution is -0.150. The van der Waals surface area contributed by atoms with Crippen molar-refractivity contribution in [2.24, 2.45) is 0 Å². The second-order valence-electron chi connectivity index (χ2n) is 0.904. The fourth-order valence-electron chi connectivity index (χ4n) is 0.134. The molecular weight excluding hydrogens is 118 g/mol. The highest BCUT2D eigenvalue weighted by Gasteiger charge is 2.14. The minimum atomic E-state index is -3.06. The summed E-state index contributed by atoms with van der Waals surface area (Å²) in [4.78, 5) is 9.70. The van der Waals surface area contributed by atoms with E-state index in [1.807, 2.05) is 0 Å². The average Bonchev–Trinajstić information content (AvgIpc) is 1.67. The first-order chi connectivity index (χ1) is 3.68. The number of alkyl halides is 2. The van der Waals surface area contributed by atoms with E-state index >= 15 is 0 Å². The monoisotopic (exact) mass is 122 g/mol. The van der Waals surface area contributed by atoms with Crippen LogP contribution in [0, 0.1) is 0 Å². The molecule has 0 saturated heterocycles. The Labute approximate surface area is 44.8 Å². The number of rotatable bonds is 2. The van der Waals surface area contributed by atoms with Crippen LogP contribution >= 0.6 is 0 Å². The average molecular weight is 122 g/mol. The van der Waals surface area contributed by atoms with Crippen molar-refractivity contribution in [1.29, 1.82) is 0 Å². The van der Waals surface area contributed by atoms with Gasteiger partial charge in [-0.1, -0.05) is 6.58 Å². The quantitative estimate of drug-likeness (QED) is 0.402. The maximum absolute atomic E-state index is 11.1. The molecule has 0 atom stereocenters. The fraction of sp³-hybridized carbons (Fsp3) is 0.250. The molecule has 4 heteroatoms. The summed E-state index contributed by atoms with van der Waals surface area (Å²) in [6.45, 7) is 2.91. The van der Waals surface area contributed by atoms with Crippen molar-refractivity contribution in [2.75, 3.05) is 0 Å². The summed E-state index contributed by atoms with van der Waals surface area (Å²) >= 11 is 0. The van der Waals surface area contributed by atoms with Crippen LogP contribution in [0.3, 0.4) is 0 Å². The highest BCUT2D eigenvalue weighted by molar-refractivity contribution is 5.73. The highest BCUT2D eigenvalue weighted by atomic mass is 19.3. The van der Waals surface area contributed by atoms with Gasteiger partial charge in [-0.15, -0.1) is 0 Å². The van der Waals surface area contributed by atoms with E-state index in [0.29, 0.717) is 6.26 Å². The third-order valence-corrected chi connectivity index (χ3v) is 0.378. The Balaban J connectivity index is 3.48. The Hall–Kier alpha value is -0.930. The molecule has 0 aromatic rings. The van der Waals surface area contributed by atoms with Gasteiger partial charge in [-0.2, -0.15) is 8.78 Å². The Morgan fingerprint density at radius 1 is 1.75 bits per heavy atom. The lowest BCUT2D eigenvalue weighted by Gasteiger charge is -1.92. The van der Waals surface area contributed by atoms with Crippen LogP contribution in [0.2, 0.25) is 0 Å². The van der Waals surface area contributed by atoms with E-state index in [2.05, 4.69) is 11.3 Å². The molecule has 0 aromatic heterocycles. The van der Waals surface area contributed by atoms with Crippen molar-refractivity contribution >= 4 is 5.97 Å². The summed E-state index contributed by atoms with van der Waals surface area (Å²) in [5, 5.41) is 0. The zero-order valence-corrected chi connectivity index (χ0v) is 3.93. The maximum atomic E-state index is 11.1. The van der Waals surface area contributed by atoms with Crippen molar-refractivity contribution in [3.05, 3.63) is 12.8 Å². The predicted molar refractivity (Wildman–Crippen MR) is 22.3 cm³/mol. The van der Waals surface area contributed by atoms with Crippen molar-refractivity contribution in [2.45, 2.75) is 6.43 Å². The number of carbonyl (C=O) groups is 1. The number of ether oxygens (including phenoxy) is 1.